The largest absolute Gasteiger partial charge is 0.0839 e. The minimum absolute atomic E-state index is 0.554. The highest BCUT2D eigenvalue weighted by molar-refractivity contribution is 9.09. The molecular weight excluding hydrogens is 248 g/mol. The summed E-state index contributed by atoms with van der Waals surface area (Å²) >= 11 is 3.74. The summed E-state index contributed by atoms with van der Waals surface area (Å²) in [4.78, 5) is 0.554. The zero-order valence-electron chi connectivity index (χ0n) is 9.95. The van der Waals surface area contributed by atoms with Gasteiger partial charge in [-0.25, -0.2) is 0 Å². The van der Waals surface area contributed by atoms with Gasteiger partial charge in [-0.1, -0.05) is 79.8 Å². The van der Waals surface area contributed by atoms with Gasteiger partial charge in [-0.3, -0.25) is 0 Å². The Morgan fingerprint density at radius 2 is 1.93 bits per heavy atom. The van der Waals surface area contributed by atoms with Gasteiger partial charge in [-0.15, -0.1) is 0 Å². The fraction of sp³-hybridized carbons (Fsp3) is 0.714. The maximum atomic E-state index is 3.74. The molecule has 0 bridgehead atoms. The zero-order chi connectivity index (χ0) is 11.1. The molecule has 1 aliphatic carbocycles. The predicted octanol–water partition coefficient (Wildman–Crippen LogP) is 5.10. The zero-order valence-corrected chi connectivity index (χ0v) is 11.5. The number of hydrogen-bond donors (Lipinski definition) is 0. The molecule has 0 fully saturated rings. The Labute approximate surface area is 103 Å². The standard InChI is InChI=1S/C14H23Br/c1-3-5-8-12(4-2)11-13-9-6-7-10-14(13)15/h6-7,9-10,12-14H,3-5,8,11H2,1-2H3. The van der Waals surface area contributed by atoms with Gasteiger partial charge in [-0.05, 0) is 18.3 Å². The third-order valence-electron chi connectivity index (χ3n) is 3.32. The molecule has 0 aromatic carbocycles. The SMILES string of the molecule is CCCCC(CC)CC1C=CC=CC1Br. The first-order valence-electron chi connectivity index (χ1n) is 6.27. The summed E-state index contributed by atoms with van der Waals surface area (Å²) in [6.45, 7) is 4.61. The summed E-state index contributed by atoms with van der Waals surface area (Å²) in [6, 6.07) is 0. The highest BCUT2D eigenvalue weighted by atomic mass is 79.9. The van der Waals surface area contributed by atoms with E-state index in [1.807, 2.05) is 0 Å². The van der Waals surface area contributed by atoms with Crippen LogP contribution in [0.3, 0.4) is 0 Å². The first kappa shape index (κ1) is 13.0. The third kappa shape index (κ3) is 4.55. The lowest BCUT2D eigenvalue weighted by Crippen LogP contribution is -2.16. The highest BCUT2D eigenvalue weighted by Gasteiger charge is 2.19. The van der Waals surface area contributed by atoms with Crippen LogP contribution in [0.2, 0.25) is 0 Å². The van der Waals surface area contributed by atoms with Gasteiger partial charge in [-0.2, -0.15) is 0 Å². The Morgan fingerprint density at radius 1 is 1.20 bits per heavy atom. The molecule has 0 N–H and O–H groups in total. The van der Waals surface area contributed by atoms with E-state index >= 15 is 0 Å². The normalized spacial score (nSPS) is 26.9. The average molecular weight is 271 g/mol. The summed E-state index contributed by atoms with van der Waals surface area (Å²) in [7, 11) is 0. The Balaban J connectivity index is 2.37. The second-order valence-corrected chi connectivity index (χ2v) is 5.59. The summed E-state index contributed by atoms with van der Waals surface area (Å²) in [5.41, 5.74) is 0. The van der Waals surface area contributed by atoms with Crippen LogP contribution in [0.25, 0.3) is 0 Å². The minimum atomic E-state index is 0.554. The van der Waals surface area contributed by atoms with Crippen molar-refractivity contribution in [3.05, 3.63) is 24.3 Å². The van der Waals surface area contributed by atoms with Crippen LogP contribution in [-0.4, -0.2) is 4.83 Å². The number of halogens is 1. The van der Waals surface area contributed by atoms with Crippen LogP contribution in [0, 0.1) is 11.8 Å². The fourth-order valence-corrected chi connectivity index (χ4v) is 2.77. The van der Waals surface area contributed by atoms with Crippen LogP contribution < -0.4 is 0 Å². The maximum absolute atomic E-state index is 3.74. The molecule has 1 heteroatoms. The number of rotatable bonds is 6. The summed E-state index contributed by atoms with van der Waals surface area (Å²) in [5, 5.41) is 0. The Hall–Kier alpha value is -0.0400. The molecule has 0 saturated heterocycles. The molecule has 0 aromatic heterocycles. The van der Waals surface area contributed by atoms with E-state index in [0.29, 0.717) is 10.7 Å². The van der Waals surface area contributed by atoms with Crippen molar-refractivity contribution in [3.63, 3.8) is 0 Å². The van der Waals surface area contributed by atoms with Crippen LogP contribution >= 0.6 is 15.9 Å². The average Bonchev–Trinajstić information content (AvgIpc) is 2.26. The molecular formula is C14H23Br. The van der Waals surface area contributed by atoms with Gasteiger partial charge >= 0.3 is 0 Å². The Morgan fingerprint density at radius 3 is 2.53 bits per heavy atom. The second-order valence-electron chi connectivity index (χ2n) is 4.53. The predicted molar refractivity (Wildman–Crippen MR) is 72.4 cm³/mol. The second kappa shape index (κ2) is 7.27. The van der Waals surface area contributed by atoms with E-state index in [-0.39, 0.29) is 0 Å². The monoisotopic (exact) mass is 270 g/mol. The van der Waals surface area contributed by atoms with E-state index in [4.69, 9.17) is 0 Å². The first-order valence-corrected chi connectivity index (χ1v) is 7.18. The van der Waals surface area contributed by atoms with E-state index in [2.05, 4.69) is 54.1 Å². The summed E-state index contributed by atoms with van der Waals surface area (Å²) in [5.74, 6) is 1.61. The third-order valence-corrected chi connectivity index (χ3v) is 4.31. The van der Waals surface area contributed by atoms with Crippen molar-refractivity contribution >= 4 is 15.9 Å². The van der Waals surface area contributed by atoms with Crippen molar-refractivity contribution in [1.29, 1.82) is 0 Å². The van der Waals surface area contributed by atoms with E-state index in [1.54, 1.807) is 0 Å². The molecule has 86 valence electrons. The molecule has 0 aliphatic heterocycles. The Kier molecular flexibility index (Phi) is 6.31. The van der Waals surface area contributed by atoms with E-state index in [9.17, 15) is 0 Å². The summed E-state index contributed by atoms with van der Waals surface area (Å²) < 4.78 is 0. The van der Waals surface area contributed by atoms with Gasteiger partial charge in [0.1, 0.15) is 0 Å². The fourth-order valence-electron chi connectivity index (χ4n) is 2.20. The van der Waals surface area contributed by atoms with Crippen LogP contribution in [0.4, 0.5) is 0 Å². The maximum Gasteiger partial charge on any atom is 0.0391 e. The molecule has 1 rings (SSSR count). The number of alkyl halides is 1. The molecule has 1 aliphatic rings. The lowest BCUT2D eigenvalue weighted by atomic mass is 9.85. The van der Waals surface area contributed by atoms with Gasteiger partial charge in [0.05, 0.1) is 0 Å². The number of allylic oxidation sites excluding steroid dienone is 4. The van der Waals surface area contributed by atoms with Crippen LogP contribution in [-0.2, 0) is 0 Å². The van der Waals surface area contributed by atoms with Crippen molar-refractivity contribution in [1.82, 2.24) is 0 Å². The van der Waals surface area contributed by atoms with Crippen LogP contribution in [0.15, 0.2) is 24.3 Å². The van der Waals surface area contributed by atoms with Gasteiger partial charge in [0.25, 0.3) is 0 Å². The van der Waals surface area contributed by atoms with Crippen molar-refractivity contribution in [2.75, 3.05) is 0 Å². The Bertz CT molecular complexity index is 217. The van der Waals surface area contributed by atoms with Gasteiger partial charge < -0.3 is 0 Å². The number of unbranched alkanes of at least 4 members (excludes halogenated alkanes) is 1. The molecule has 15 heavy (non-hydrogen) atoms. The number of hydrogen-bond acceptors (Lipinski definition) is 0. The molecule has 0 spiro atoms. The molecule has 0 aromatic rings. The minimum Gasteiger partial charge on any atom is -0.0839 e. The summed E-state index contributed by atoms with van der Waals surface area (Å²) in [6.07, 6.45) is 15.7. The molecule has 0 radical (unpaired) electrons. The molecule has 0 amide bonds. The first-order chi connectivity index (χ1) is 7.27. The van der Waals surface area contributed by atoms with Crippen molar-refractivity contribution < 1.29 is 0 Å². The van der Waals surface area contributed by atoms with Crippen molar-refractivity contribution in [3.8, 4) is 0 Å². The van der Waals surface area contributed by atoms with Crippen LogP contribution in [0.1, 0.15) is 46.0 Å². The van der Waals surface area contributed by atoms with Gasteiger partial charge in [0.15, 0.2) is 0 Å². The quantitative estimate of drug-likeness (QED) is 0.590. The molecule has 3 unspecified atom stereocenters. The van der Waals surface area contributed by atoms with E-state index in [0.717, 1.165) is 5.92 Å². The molecule has 3 atom stereocenters. The lowest BCUT2D eigenvalue weighted by molar-refractivity contribution is 0.376. The van der Waals surface area contributed by atoms with Crippen LogP contribution in [0.5, 0.6) is 0 Å². The van der Waals surface area contributed by atoms with Gasteiger partial charge in [0.2, 0.25) is 0 Å². The van der Waals surface area contributed by atoms with Crippen molar-refractivity contribution in [2.24, 2.45) is 11.8 Å². The van der Waals surface area contributed by atoms with E-state index in [1.165, 1.54) is 32.1 Å². The van der Waals surface area contributed by atoms with E-state index < -0.39 is 0 Å². The smallest absolute Gasteiger partial charge is 0.0391 e. The molecule has 0 nitrogen and oxygen atoms in total. The topological polar surface area (TPSA) is 0 Å². The van der Waals surface area contributed by atoms with Crippen molar-refractivity contribution in [2.45, 2.75) is 50.8 Å². The lowest BCUT2D eigenvalue weighted by Gasteiger charge is -2.24. The molecule has 0 heterocycles. The highest BCUT2D eigenvalue weighted by Crippen LogP contribution is 2.29. The van der Waals surface area contributed by atoms with Gasteiger partial charge in [0, 0.05) is 4.83 Å². The molecule has 0 saturated carbocycles.